The van der Waals surface area contributed by atoms with Gasteiger partial charge in [-0.1, -0.05) is 90.6 Å². The molecule has 4 aromatic carbocycles. The van der Waals surface area contributed by atoms with Gasteiger partial charge in [0.25, 0.3) is 5.91 Å². The van der Waals surface area contributed by atoms with Crippen LogP contribution in [-0.4, -0.2) is 22.0 Å². The van der Waals surface area contributed by atoms with Gasteiger partial charge in [0.05, 0.1) is 21.5 Å². The van der Waals surface area contributed by atoms with E-state index in [4.69, 9.17) is 4.98 Å². The lowest BCUT2D eigenvalue weighted by Crippen LogP contribution is -2.34. The van der Waals surface area contributed by atoms with Crippen LogP contribution in [0.2, 0.25) is 0 Å². The lowest BCUT2D eigenvalue weighted by Gasteiger charge is -2.21. The van der Waals surface area contributed by atoms with E-state index in [1.807, 2.05) is 104 Å². The van der Waals surface area contributed by atoms with Gasteiger partial charge < -0.3 is 10.6 Å². The second-order valence-corrected chi connectivity index (χ2v) is 11.1. The molecule has 7 heteroatoms. The smallest absolute Gasteiger partial charge is 0.255 e. The van der Waals surface area contributed by atoms with Crippen LogP contribution in [0.25, 0.3) is 10.2 Å². The van der Waals surface area contributed by atoms with Gasteiger partial charge in [-0.05, 0) is 48.4 Å². The van der Waals surface area contributed by atoms with Gasteiger partial charge in [0.2, 0.25) is 5.91 Å². The maximum atomic E-state index is 13.2. The Bertz CT molecular complexity index is 1470. The third-order valence-corrected chi connectivity index (χ3v) is 8.07. The molecule has 0 aliphatic carbocycles. The zero-order valence-corrected chi connectivity index (χ0v) is 21.8. The quantitative estimate of drug-likeness (QED) is 0.216. The highest BCUT2D eigenvalue weighted by Gasteiger charge is 2.22. The molecule has 5 aromatic rings. The molecule has 2 N–H and O–H groups in total. The molecule has 184 valence electrons. The summed E-state index contributed by atoms with van der Waals surface area (Å²) in [5.74, 6) is -0.214. The van der Waals surface area contributed by atoms with E-state index in [0.29, 0.717) is 11.3 Å². The Kier molecular flexibility index (Phi) is 7.63. The largest absolute Gasteiger partial charge is 0.344 e. The minimum atomic E-state index is -0.340. The average molecular weight is 524 g/mol. The number of nitrogens with one attached hydrogen (secondary N) is 2. The summed E-state index contributed by atoms with van der Waals surface area (Å²) in [7, 11) is 0. The molecular formula is C30H25N3O2S2. The molecule has 0 spiro atoms. The summed E-state index contributed by atoms with van der Waals surface area (Å²) >= 11 is 2.95. The van der Waals surface area contributed by atoms with Crippen molar-refractivity contribution in [3.63, 3.8) is 0 Å². The van der Waals surface area contributed by atoms with Crippen molar-refractivity contribution in [3.05, 3.63) is 126 Å². The molecule has 1 aromatic heterocycles. The van der Waals surface area contributed by atoms with Crippen LogP contribution in [0.15, 0.2) is 114 Å². The highest BCUT2D eigenvalue weighted by atomic mass is 32.2. The van der Waals surface area contributed by atoms with Gasteiger partial charge in [0.15, 0.2) is 4.34 Å². The number of nitrogens with zero attached hydrogens (tertiary/aromatic N) is 1. The SMILES string of the molecule is CC(Sc1nc2ccc(NC(=O)c3ccccc3)cc2s1)C(=O)NC(c1ccccc1)c1ccccc1. The second kappa shape index (κ2) is 11.4. The number of thioether (sulfide) groups is 1. The van der Waals surface area contributed by atoms with Crippen molar-refractivity contribution in [3.8, 4) is 0 Å². The van der Waals surface area contributed by atoms with E-state index in [1.165, 1.54) is 23.1 Å². The number of thiazole rings is 1. The molecule has 0 fully saturated rings. The maximum absolute atomic E-state index is 13.2. The van der Waals surface area contributed by atoms with Crippen LogP contribution in [0.3, 0.4) is 0 Å². The summed E-state index contributed by atoms with van der Waals surface area (Å²) in [5, 5.41) is 5.82. The minimum Gasteiger partial charge on any atom is -0.344 e. The van der Waals surface area contributed by atoms with Crippen LogP contribution in [0.1, 0.15) is 34.5 Å². The molecule has 5 nitrogen and oxygen atoms in total. The number of amides is 2. The van der Waals surface area contributed by atoms with E-state index < -0.39 is 0 Å². The van der Waals surface area contributed by atoms with Crippen molar-refractivity contribution in [2.45, 2.75) is 22.6 Å². The van der Waals surface area contributed by atoms with Crippen LogP contribution in [-0.2, 0) is 4.79 Å². The van der Waals surface area contributed by atoms with Crippen molar-refractivity contribution in [2.75, 3.05) is 5.32 Å². The Morgan fingerprint density at radius 3 is 2.03 bits per heavy atom. The van der Waals surface area contributed by atoms with Gasteiger partial charge in [0, 0.05) is 11.3 Å². The molecule has 2 amide bonds. The fourth-order valence-electron chi connectivity index (χ4n) is 3.94. The van der Waals surface area contributed by atoms with E-state index in [1.54, 1.807) is 12.1 Å². The van der Waals surface area contributed by atoms with E-state index in [2.05, 4.69) is 10.6 Å². The number of carbonyl (C=O) groups is 2. The Morgan fingerprint density at radius 1 is 0.811 bits per heavy atom. The topological polar surface area (TPSA) is 71.1 Å². The summed E-state index contributed by atoms with van der Waals surface area (Å²) in [6.45, 7) is 1.89. The number of benzene rings is 4. The molecule has 0 aliphatic rings. The van der Waals surface area contributed by atoms with Gasteiger partial charge in [0.1, 0.15) is 0 Å². The summed E-state index contributed by atoms with van der Waals surface area (Å²) in [5.41, 5.74) is 4.21. The van der Waals surface area contributed by atoms with E-state index in [0.717, 1.165) is 25.7 Å². The van der Waals surface area contributed by atoms with Crippen LogP contribution in [0, 0.1) is 0 Å². The summed E-state index contributed by atoms with van der Waals surface area (Å²) < 4.78 is 1.76. The van der Waals surface area contributed by atoms with Gasteiger partial charge >= 0.3 is 0 Å². The van der Waals surface area contributed by atoms with Gasteiger partial charge in [-0.25, -0.2) is 4.98 Å². The van der Waals surface area contributed by atoms with Crippen molar-refractivity contribution in [1.82, 2.24) is 10.3 Å². The highest BCUT2D eigenvalue weighted by molar-refractivity contribution is 8.02. The lowest BCUT2D eigenvalue weighted by atomic mass is 9.98. The fourth-order valence-corrected chi connectivity index (χ4v) is 6.20. The number of hydrogen-bond acceptors (Lipinski definition) is 5. The van der Waals surface area contributed by atoms with Gasteiger partial charge in [-0.2, -0.15) is 0 Å². The monoisotopic (exact) mass is 523 g/mol. The van der Waals surface area contributed by atoms with Crippen molar-refractivity contribution in [2.24, 2.45) is 0 Å². The predicted octanol–water partition coefficient (Wildman–Crippen LogP) is 6.94. The molecular weight excluding hydrogens is 498 g/mol. The first-order valence-corrected chi connectivity index (χ1v) is 13.6. The molecule has 0 aliphatic heterocycles. The summed E-state index contributed by atoms with van der Waals surface area (Å²) in [6.07, 6.45) is 0. The van der Waals surface area contributed by atoms with E-state index >= 15 is 0 Å². The number of aromatic nitrogens is 1. The Morgan fingerprint density at radius 2 is 1.41 bits per heavy atom. The number of rotatable bonds is 8. The molecule has 0 radical (unpaired) electrons. The molecule has 37 heavy (non-hydrogen) atoms. The lowest BCUT2D eigenvalue weighted by molar-refractivity contribution is -0.120. The molecule has 0 saturated carbocycles. The third kappa shape index (κ3) is 6.07. The highest BCUT2D eigenvalue weighted by Crippen LogP contribution is 2.34. The fraction of sp³-hybridized carbons (Fsp3) is 0.100. The number of carbonyl (C=O) groups excluding carboxylic acids is 2. The predicted molar refractivity (Wildman–Crippen MR) is 152 cm³/mol. The Balaban J connectivity index is 1.28. The van der Waals surface area contributed by atoms with Crippen molar-refractivity contribution >= 4 is 50.8 Å². The first kappa shape index (κ1) is 24.7. The van der Waals surface area contributed by atoms with Crippen LogP contribution >= 0.6 is 23.1 Å². The molecule has 5 rings (SSSR count). The first-order valence-electron chi connectivity index (χ1n) is 11.9. The molecule has 1 atom stereocenters. The number of hydrogen-bond donors (Lipinski definition) is 2. The van der Waals surface area contributed by atoms with Crippen molar-refractivity contribution in [1.29, 1.82) is 0 Å². The normalized spacial score (nSPS) is 11.8. The molecule has 1 heterocycles. The van der Waals surface area contributed by atoms with Crippen LogP contribution in [0.4, 0.5) is 5.69 Å². The Hall–Kier alpha value is -3.94. The summed E-state index contributed by atoms with van der Waals surface area (Å²) in [6, 6.07) is 34.5. The minimum absolute atomic E-state index is 0.0576. The zero-order valence-electron chi connectivity index (χ0n) is 20.1. The van der Waals surface area contributed by atoms with E-state index in [-0.39, 0.29) is 23.1 Å². The zero-order chi connectivity index (χ0) is 25.6. The van der Waals surface area contributed by atoms with Gasteiger partial charge in [-0.15, -0.1) is 11.3 Å². The average Bonchev–Trinajstić information content (AvgIpc) is 3.34. The maximum Gasteiger partial charge on any atom is 0.255 e. The molecule has 0 bridgehead atoms. The van der Waals surface area contributed by atoms with Crippen LogP contribution < -0.4 is 10.6 Å². The molecule has 1 unspecified atom stereocenters. The Labute approximate surface area is 224 Å². The standard InChI is InChI=1S/C30H25N3O2S2/c1-20(28(34)33-27(21-11-5-2-6-12-21)22-13-7-3-8-14-22)36-30-32-25-18-17-24(19-26(25)37-30)31-29(35)23-15-9-4-10-16-23/h2-20,27H,1H3,(H,31,35)(H,33,34). The van der Waals surface area contributed by atoms with Crippen LogP contribution in [0.5, 0.6) is 0 Å². The number of anilines is 1. The second-order valence-electron chi connectivity index (χ2n) is 8.51. The summed E-state index contributed by atoms with van der Waals surface area (Å²) in [4.78, 5) is 30.4. The molecule has 0 saturated heterocycles. The number of fused-ring (bicyclic) bond motifs is 1. The first-order chi connectivity index (χ1) is 18.1. The van der Waals surface area contributed by atoms with E-state index in [9.17, 15) is 9.59 Å². The van der Waals surface area contributed by atoms with Crippen molar-refractivity contribution < 1.29 is 9.59 Å². The van der Waals surface area contributed by atoms with Gasteiger partial charge in [-0.3, -0.25) is 9.59 Å². The third-order valence-electron chi connectivity index (χ3n) is 5.86.